The van der Waals surface area contributed by atoms with Gasteiger partial charge < -0.3 is 18.8 Å². The van der Waals surface area contributed by atoms with Gasteiger partial charge in [0.2, 0.25) is 0 Å². The van der Waals surface area contributed by atoms with Crippen molar-refractivity contribution >= 4 is 33.4 Å². The number of carbonyl (C=O) groups excluding carboxylic acids is 2. The number of esters is 1. The van der Waals surface area contributed by atoms with E-state index in [4.69, 9.17) is 14.2 Å². The molecule has 31 heavy (non-hydrogen) atoms. The van der Waals surface area contributed by atoms with Gasteiger partial charge in [-0.25, -0.2) is 4.79 Å². The molecule has 7 nitrogen and oxygen atoms in total. The predicted octanol–water partition coefficient (Wildman–Crippen LogP) is 3.59. The number of ether oxygens (including phenoxy) is 3. The third kappa shape index (κ3) is 5.80. The number of benzene rings is 2. The number of aromatic nitrogens is 1. The van der Waals surface area contributed by atoms with Crippen LogP contribution in [0.4, 0.5) is 0 Å². The van der Waals surface area contributed by atoms with Gasteiger partial charge in [0.1, 0.15) is 5.75 Å². The van der Waals surface area contributed by atoms with Crippen LogP contribution in [-0.4, -0.2) is 43.4 Å². The molecule has 1 heterocycles. The average molecular weight is 443 g/mol. The van der Waals surface area contributed by atoms with Gasteiger partial charge in [-0.05, 0) is 49.7 Å². The second-order valence-electron chi connectivity index (χ2n) is 6.67. The maximum Gasteiger partial charge on any atom is 0.337 e. The van der Waals surface area contributed by atoms with Crippen LogP contribution in [0.5, 0.6) is 5.75 Å². The normalized spacial score (nSPS) is 11.6. The molecule has 0 aliphatic rings. The SMILES string of the molecule is CCOCCn1c(=NC(=O)Cc2ccc(OCC)cc2)sc2cc(C(=O)OC)ccc21. The summed E-state index contributed by atoms with van der Waals surface area (Å²) in [6.45, 7) is 6.13. The Bertz CT molecular complexity index is 1120. The lowest BCUT2D eigenvalue weighted by atomic mass is 10.1. The van der Waals surface area contributed by atoms with Crippen LogP contribution in [0.2, 0.25) is 0 Å². The van der Waals surface area contributed by atoms with Crippen LogP contribution in [-0.2, 0) is 27.2 Å². The Hall–Kier alpha value is -2.97. The molecule has 0 unspecified atom stereocenters. The summed E-state index contributed by atoms with van der Waals surface area (Å²) in [5.41, 5.74) is 2.22. The Morgan fingerprint density at radius 3 is 2.52 bits per heavy atom. The van der Waals surface area contributed by atoms with Crippen LogP contribution in [0.25, 0.3) is 10.2 Å². The van der Waals surface area contributed by atoms with Crippen LogP contribution in [0.3, 0.4) is 0 Å². The Kier molecular flexibility index (Phi) is 7.97. The first-order valence-electron chi connectivity index (χ1n) is 10.1. The average Bonchev–Trinajstić information content (AvgIpc) is 3.11. The Balaban J connectivity index is 1.91. The molecule has 0 saturated heterocycles. The lowest BCUT2D eigenvalue weighted by Gasteiger charge is -2.06. The highest BCUT2D eigenvalue weighted by molar-refractivity contribution is 7.16. The van der Waals surface area contributed by atoms with E-state index in [1.54, 1.807) is 12.1 Å². The topological polar surface area (TPSA) is 79.1 Å². The number of thiazole rings is 1. The minimum Gasteiger partial charge on any atom is -0.494 e. The lowest BCUT2D eigenvalue weighted by molar-refractivity contribution is -0.117. The number of hydrogen-bond acceptors (Lipinski definition) is 6. The molecule has 1 amide bonds. The van der Waals surface area contributed by atoms with E-state index in [0.29, 0.717) is 36.7 Å². The Labute approximate surface area is 184 Å². The zero-order valence-corrected chi connectivity index (χ0v) is 18.7. The maximum absolute atomic E-state index is 12.7. The third-order valence-corrected chi connectivity index (χ3v) is 5.62. The second kappa shape index (κ2) is 10.9. The first-order valence-corrected chi connectivity index (χ1v) is 11.0. The zero-order chi connectivity index (χ0) is 22.2. The minimum atomic E-state index is -0.402. The number of methoxy groups -OCH3 is 1. The summed E-state index contributed by atoms with van der Waals surface area (Å²) in [6, 6.07) is 12.8. The van der Waals surface area contributed by atoms with Crippen LogP contribution < -0.4 is 9.54 Å². The van der Waals surface area contributed by atoms with E-state index in [0.717, 1.165) is 21.5 Å². The monoisotopic (exact) mass is 442 g/mol. The van der Waals surface area contributed by atoms with Gasteiger partial charge in [-0.3, -0.25) is 4.79 Å². The predicted molar refractivity (Wildman–Crippen MR) is 120 cm³/mol. The summed E-state index contributed by atoms with van der Waals surface area (Å²) >= 11 is 1.36. The highest BCUT2D eigenvalue weighted by atomic mass is 32.1. The Morgan fingerprint density at radius 2 is 1.84 bits per heavy atom. The third-order valence-electron chi connectivity index (χ3n) is 4.58. The van der Waals surface area contributed by atoms with Gasteiger partial charge in [0, 0.05) is 13.2 Å². The molecule has 1 aromatic heterocycles. The van der Waals surface area contributed by atoms with Crippen LogP contribution in [0, 0.1) is 0 Å². The first-order chi connectivity index (χ1) is 15.0. The fraction of sp³-hybridized carbons (Fsp3) is 0.348. The maximum atomic E-state index is 12.7. The summed E-state index contributed by atoms with van der Waals surface area (Å²) in [5, 5.41) is 0. The summed E-state index contributed by atoms with van der Waals surface area (Å²) in [7, 11) is 1.35. The van der Waals surface area contributed by atoms with Gasteiger partial charge in [-0.2, -0.15) is 4.99 Å². The van der Waals surface area contributed by atoms with Crippen molar-refractivity contribution in [2.75, 3.05) is 26.9 Å². The molecule has 0 spiro atoms. The molecule has 0 aliphatic carbocycles. The molecular formula is C23H26N2O5S. The van der Waals surface area contributed by atoms with Crippen molar-refractivity contribution in [3.63, 3.8) is 0 Å². The molecule has 0 N–H and O–H groups in total. The highest BCUT2D eigenvalue weighted by Crippen LogP contribution is 2.20. The van der Waals surface area contributed by atoms with E-state index in [-0.39, 0.29) is 12.3 Å². The van der Waals surface area contributed by atoms with Gasteiger partial charge in [0.05, 0.1) is 42.5 Å². The number of amides is 1. The molecule has 0 aliphatic heterocycles. The van der Waals surface area contributed by atoms with Crippen molar-refractivity contribution in [3.05, 3.63) is 58.4 Å². The largest absolute Gasteiger partial charge is 0.494 e. The molecule has 2 aromatic carbocycles. The molecule has 0 bridgehead atoms. The van der Waals surface area contributed by atoms with E-state index in [1.165, 1.54) is 18.4 Å². The van der Waals surface area contributed by atoms with Crippen molar-refractivity contribution in [2.45, 2.75) is 26.8 Å². The zero-order valence-electron chi connectivity index (χ0n) is 17.9. The van der Waals surface area contributed by atoms with Crippen LogP contribution >= 0.6 is 11.3 Å². The molecule has 0 fully saturated rings. The summed E-state index contributed by atoms with van der Waals surface area (Å²) in [4.78, 5) is 29.5. The van der Waals surface area contributed by atoms with E-state index in [9.17, 15) is 9.59 Å². The molecule has 3 rings (SSSR count). The molecule has 0 saturated carbocycles. The fourth-order valence-electron chi connectivity index (χ4n) is 3.11. The quantitative estimate of drug-likeness (QED) is 0.374. The number of nitrogens with zero attached hydrogens (tertiary/aromatic N) is 2. The molecule has 3 aromatic rings. The van der Waals surface area contributed by atoms with Crippen molar-refractivity contribution in [2.24, 2.45) is 4.99 Å². The van der Waals surface area contributed by atoms with Crippen molar-refractivity contribution in [3.8, 4) is 5.75 Å². The molecule has 164 valence electrons. The van der Waals surface area contributed by atoms with Crippen molar-refractivity contribution in [1.82, 2.24) is 4.57 Å². The summed E-state index contributed by atoms with van der Waals surface area (Å²) in [5.74, 6) is 0.130. The number of carbonyl (C=O) groups is 2. The van der Waals surface area contributed by atoms with Gasteiger partial charge in [-0.15, -0.1) is 0 Å². The van der Waals surface area contributed by atoms with E-state index in [1.807, 2.05) is 48.7 Å². The highest BCUT2D eigenvalue weighted by Gasteiger charge is 2.12. The van der Waals surface area contributed by atoms with Crippen LogP contribution in [0.15, 0.2) is 47.5 Å². The minimum absolute atomic E-state index is 0.194. The van der Waals surface area contributed by atoms with Gasteiger partial charge in [0.15, 0.2) is 4.80 Å². The van der Waals surface area contributed by atoms with E-state index in [2.05, 4.69) is 4.99 Å². The summed E-state index contributed by atoms with van der Waals surface area (Å²) in [6.07, 6.45) is 0.194. The van der Waals surface area contributed by atoms with Gasteiger partial charge >= 0.3 is 5.97 Å². The molecule has 0 radical (unpaired) electrons. The Morgan fingerprint density at radius 1 is 1.06 bits per heavy atom. The van der Waals surface area contributed by atoms with E-state index >= 15 is 0 Å². The molecule has 8 heteroatoms. The fourth-order valence-corrected chi connectivity index (χ4v) is 4.22. The van der Waals surface area contributed by atoms with Gasteiger partial charge in [0.25, 0.3) is 5.91 Å². The van der Waals surface area contributed by atoms with Crippen molar-refractivity contribution < 1.29 is 23.8 Å². The number of rotatable bonds is 9. The molecule has 0 atom stereocenters. The summed E-state index contributed by atoms with van der Waals surface area (Å²) < 4.78 is 18.5. The van der Waals surface area contributed by atoms with Crippen molar-refractivity contribution in [1.29, 1.82) is 0 Å². The van der Waals surface area contributed by atoms with E-state index < -0.39 is 5.97 Å². The smallest absolute Gasteiger partial charge is 0.337 e. The second-order valence-corrected chi connectivity index (χ2v) is 7.68. The number of fused-ring (bicyclic) bond motifs is 1. The lowest BCUT2D eigenvalue weighted by Crippen LogP contribution is -2.20. The molecular weight excluding hydrogens is 416 g/mol. The first kappa shape index (κ1) is 22.7. The standard InChI is InChI=1S/C23H26N2O5S/c1-4-29-13-12-25-19-11-8-17(22(27)28-3)15-20(19)31-23(25)24-21(26)14-16-6-9-18(10-7-16)30-5-2/h6-11,15H,4-5,12-14H2,1-3H3. The number of hydrogen-bond donors (Lipinski definition) is 0. The van der Waals surface area contributed by atoms with Crippen LogP contribution in [0.1, 0.15) is 29.8 Å². The van der Waals surface area contributed by atoms with Gasteiger partial charge in [-0.1, -0.05) is 23.5 Å².